The highest BCUT2D eigenvalue weighted by molar-refractivity contribution is 9.09. The van der Waals surface area contributed by atoms with Gasteiger partial charge in [-0.2, -0.15) is 0 Å². The van der Waals surface area contributed by atoms with Crippen LogP contribution >= 0.6 is 15.9 Å². The third kappa shape index (κ3) is 3.76. The molecule has 0 spiro atoms. The monoisotopic (exact) mass is 258 g/mol. The van der Waals surface area contributed by atoms with Crippen molar-refractivity contribution in [1.29, 1.82) is 0 Å². The Hall–Kier alpha value is 0.220. The largest absolute Gasteiger partial charge is 0.0925 e. The molecule has 0 aliphatic heterocycles. The molecule has 0 bridgehead atoms. The van der Waals surface area contributed by atoms with Crippen molar-refractivity contribution in [2.24, 2.45) is 11.8 Å². The van der Waals surface area contributed by atoms with Crippen LogP contribution in [0.3, 0.4) is 0 Å². The lowest BCUT2D eigenvalue weighted by molar-refractivity contribution is 0.288. The fourth-order valence-corrected chi connectivity index (χ4v) is 2.75. The second kappa shape index (κ2) is 6.66. The second-order valence-corrected chi connectivity index (χ2v) is 5.36. The van der Waals surface area contributed by atoms with E-state index in [1.165, 1.54) is 38.5 Å². The fraction of sp³-hybridized carbons (Fsp3) is 0.846. The van der Waals surface area contributed by atoms with Crippen LogP contribution in [0.15, 0.2) is 11.6 Å². The van der Waals surface area contributed by atoms with Gasteiger partial charge in [-0.05, 0) is 38.0 Å². The topological polar surface area (TPSA) is 0 Å². The maximum atomic E-state index is 3.48. The van der Waals surface area contributed by atoms with Crippen molar-refractivity contribution in [2.75, 3.05) is 5.33 Å². The van der Waals surface area contributed by atoms with E-state index in [9.17, 15) is 0 Å². The maximum absolute atomic E-state index is 3.48. The van der Waals surface area contributed by atoms with E-state index >= 15 is 0 Å². The Morgan fingerprint density at radius 2 is 2.21 bits per heavy atom. The highest BCUT2D eigenvalue weighted by atomic mass is 79.9. The molecule has 0 radical (unpaired) electrons. The van der Waals surface area contributed by atoms with Crippen molar-refractivity contribution in [3.05, 3.63) is 11.6 Å². The minimum absolute atomic E-state index is 0.896. The Morgan fingerprint density at radius 1 is 1.43 bits per heavy atom. The zero-order valence-corrected chi connectivity index (χ0v) is 11.1. The Balaban J connectivity index is 2.42. The normalized spacial score (nSPS) is 29.2. The molecule has 82 valence electrons. The SMILES string of the molecule is CCC1CCCC(C(C)=CCCBr)C1. The summed E-state index contributed by atoms with van der Waals surface area (Å²) in [5.74, 6) is 1.90. The summed E-state index contributed by atoms with van der Waals surface area (Å²) < 4.78 is 0. The standard InChI is InChI=1S/C13H23Br/c1-3-12-7-4-8-13(10-12)11(2)6-5-9-14/h6,12-13H,3-5,7-10H2,1-2H3. The summed E-state index contributed by atoms with van der Waals surface area (Å²) in [5.41, 5.74) is 1.64. The maximum Gasteiger partial charge on any atom is 0.00660 e. The molecule has 0 aromatic carbocycles. The molecule has 0 saturated heterocycles. The zero-order valence-electron chi connectivity index (χ0n) is 9.56. The van der Waals surface area contributed by atoms with Crippen LogP contribution in [0.2, 0.25) is 0 Å². The Bertz CT molecular complexity index is 184. The number of rotatable bonds is 4. The van der Waals surface area contributed by atoms with Crippen LogP contribution in [0.25, 0.3) is 0 Å². The van der Waals surface area contributed by atoms with Gasteiger partial charge in [0.2, 0.25) is 0 Å². The fourth-order valence-electron chi connectivity index (χ4n) is 2.52. The van der Waals surface area contributed by atoms with Crippen LogP contribution in [0.1, 0.15) is 52.4 Å². The lowest BCUT2D eigenvalue weighted by Crippen LogP contribution is -2.15. The Kier molecular flexibility index (Phi) is 5.84. The van der Waals surface area contributed by atoms with E-state index in [4.69, 9.17) is 0 Å². The van der Waals surface area contributed by atoms with Crippen LogP contribution in [0, 0.1) is 11.8 Å². The van der Waals surface area contributed by atoms with E-state index in [0.29, 0.717) is 0 Å². The van der Waals surface area contributed by atoms with E-state index in [1.54, 1.807) is 5.57 Å². The van der Waals surface area contributed by atoms with Crippen molar-refractivity contribution in [3.63, 3.8) is 0 Å². The molecule has 1 fully saturated rings. The van der Waals surface area contributed by atoms with Crippen molar-refractivity contribution in [1.82, 2.24) is 0 Å². The lowest BCUT2D eigenvalue weighted by Gasteiger charge is -2.29. The molecule has 1 saturated carbocycles. The van der Waals surface area contributed by atoms with E-state index in [1.807, 2.05) is 0 Å². The third-order valence-electron chi connectivity index (χ3n) is 3.58. The summed E-state index contributed by atoms with van der Waals surface area (Å²) in [6, 6.07) is 0. The van der Waals surface area contributed by atoms with Crippen LogP contribution in [0.4, 0.5) is 0 Å². The zero-order chi connectivity index (χ0) is 10.4. The summed E-state index contributed by atoms with van der Waals surface area (Å²) in [6.45, 7) is 4.66. The van der Waals surface area contributed by atoms with Crippen molar-refractivity contribution in [2.45, 2.75) is 52.4 Å². The van der Waals surface area contributed by atoms with E-state index < -0.39 is 0 Å². The van der Waals surface area contributed by atoms with Gasteiger partial charge in [0.1, 0.15) is 0 Å². The third-order valence-corrected chi connectivity index (χ3v) is 4.04. The minimum Gasteiger partial charge on any atom is -0.0925 e. The first kappa shape index (κ1) is 12.3. The van der Waals surface area contributed by atoms with Crippen LogP contribution in [-0.2, 0) is 0 Å². The first-order chi connectivity index (χ1) is 6.77. The summed E-state index contributed by atoms with van der Waals surface area (Å²) in [4.78, 5) is 0. The molecule has 2 unspecified atom stereocenters. The van der Waals surface area contributed by atoms with Gasteiger partial charge in [0.15, 0.2) is 0 Å². The van der Waals surface area contributed by atoms with Crippen LogP contribution in [0.5, 0.6) is 0 Å². The highest BCUT2D eigenvalue weighted by Gasteiger charge is 2.21. The van der Waals surface area contributed by atoms with E-state index in [0.717, 1.165) is 17.2 Å². The molecule has 1 aliphatic rings. The van der Waals surface area contributed by atoms with Gasteiger partial charge >= 0.3 is 0 Å². The van der Waals surface area contributed by atoms with Crippen molar-refractivity contribution >= 4 is 15.9 Å². The summed E-state index contributed by atoms with van der Waals surface area (Å²) in [6.07, 6.45) is 10.8. The van der Waals surface area contributed by atoms with Crippen molar-refractivity contribution < 1.29 is 0 Å². The molecular formula is C13H23Br. The van der Waals surface area contributed by atoms with Gasteiger partial charge in [-0.1, -0.05) is 53.8 Å². The average molecular weight is 259 g/mol. The quantitative estimate of drug-likeness (QED) is 0.496. The number of alkyl halides is 1. The molecule has 1 aliphatic carbocycles. The van der Waals surface area contributed by atoms with Gasteiger partial charge in [-0.25, -0.2) is 0 Å². The molecule has 0 heterocycles. The van der Waals surface area contributed by atoms with Gasteiger partial charge in [0.25, 0.3) is 0 Å². The summed E-state index contributed by atoms with van der Waals surface area (Å²) in [7, 11) is 0. The lowest BCUT2D eigenvalue weighted by atomic mass is 9.77. The molecule has 0 nitrogen and oxygen atoms in total. The number of hydrogen-bond acceptors (Lipinski definition) is 0. The predicted molar refractivity (Wildman–Crippen MR) is 67.9 cm³/mol. The Morgan fingerprint density at radius 3 is 2.86 bits per heavy atom. The smallest absolute Gasteiger partial charge is 0.00660 e. The summed E-state index contributed by atoms with van der Waals surface area (Å²) >= 11 is 3.48. The number of allylic oxidation sites excluding steroid dienone is 2. The van der Waals surface area contributed by atoms with Gasteiger partial charge in [-0.3, -0.25) is 0 Å². The molecule has 2 atom stereocenters. The van der Waals surface area contributed by atoms with E-state index in [2.05, 4.69) is 35.9 Å². The number of halogens is 1. The number of hydrogen-bond donors (Lipinski definition) is 0. The molecule has 0 amide bonds. The first-order valence-corrected chi connectivity index (χ1v) is 7.12. The average Bonchev–Trinajstić information content (AvgIpc) is 2.26. The molecule has 0 aromatic rings. The highest BCUT2D eigenvalue weighted by Crippen LogP contribution is 2.35. The van der Waals surface area contributed by atoms with Crippen LogP contribution < -0.4 is 0 Å². The molecule has 0 aromatic heterocycles. The molecular weight excluding hydrogens is 236 g/mol. The minimum atomic E-state index is 0.896. The predicted octanol–water partition coefficient (Wildman–Crippen LogP) is 4.93. The van der Waals surface area contributed by atoms with Gasteiger partial charge in [0.05, 0.1) is 0 Å². The van der Waals surface area contributed by atoms with Gasteiger partial charge in [0, 0.05) is 5.33 Å². The molecule has 1 heteroatoms. The van der Waals surface area contributed by atoms with Crippen molar-refractivity contribution in [3.8, 4) is 0 Å². The van der Waals surface area contributed by atoms with Gasteiger partial charge in [-0.15, -0.1) is 0 Å². The van der Waals surface area contributed by atoms with E-state index in [-0.39, 0.29) is 0 Å². The molecule has 1 rings (SSSR count). The molecule has 14 heavy (non-hydrogen) atoms. The Labute approximate surface area is 97.3 Å². The molecule has 0 N–H and O–H groups in total. The first-order valence-electron chi connectivity index (χ1n) is 6.00. The second-order valence-electron chi connectivity index (χ2n) is 4.56. The van der Waals surface area contributed by atoms with Crippen LogP contribution in [-0.4, -0.2) is 5.33 Å². The summed E-state index contributed by atoms with van der Waals surface area (Å²) in [5, 5.41) is 1.11. The van der Waals surface area contributed by atoms with Gasteiger partial charge < -0.3 is 0 Å².